The SMILES string of the molecule is CCCCCCCCc1ccc([C@@H]2CN[C@@H](CC)C2)cc1.CCCCCCCCc1ccc([C@@H]2CN[C@H](CC)C2)cc1.CCCCCCCCc1ccc([C@H]2CN[C@@H](CC)C2)cc1.CCCCCCCCc1ccc([C@H]2CN[C@H](CC)C2)cc1.Cc1ccc([C@@H]2CCN[C@@H]2CO)cc1.Cc1ccc([C@@H]2CCN[C@H]2CO)cc1.Cc1ccc([C@H]2CCN[C@@H]2CO)cc1.Cc1ccc([C@H]2CCN[C@H]2CO)cc1. The maximum Gasteiger partial charge on any atom is 0.0590 e. The third-order valence-electron chi connectivity index (χ3n) is 32.1. The van der Waals surface area contributed by atoms with Crippen LogP contribution in [0.15, 0.2) is 194 Å². The van der Waals surface area contributed by atoms with E-state index in [0.29, 0.717) is 23.7 Å². The number of nitrogens with one attached hydrogen (secondary N) is 8. The van der Waals surface area contributed by atoms with Gasteiger partial charge in [0.1, 0.15) is 0 Å². The molecule has 12 N–H and O–H groups in total. The number of unbranched alkanes of at least 4 members (excludes halogenated alkanes) is 20. The summed E-state index contributed by atoms with van der Waals surface area (Å²) in [4.78, 5) is 0. The van der Waals surface area contributed by atoms with E-state index in [4.69, 9.17) is 0 Å². The molecule has 0 amide bonds. The zero-order valence-corrected chi connectivity index (χ0v) is 90.3. The molecule has 16 atom stereocenters. The van der Waals surface area contributed by atoms with Crippen LogP contribution < -0.4 is 42.5 Å². The molecule has 12 nitrogen and oxygen atoms in total. The molecule has 8 aromatic carbocycles. The predicted octanol–water partition coefficient (Wildman–Crippen LogP) is 27.5. The van der Waals surface area contributed by atoms with E-state index in [2.05, 4.69) is 320 Å². The summed E-state index contributed by atoms with van der Waals surface area (Å²) in [6, 6.07) is 76.3. The lowest BCUT2D eigenvalue weighted by atomic mass is 9.92. The first kappa shape index (κ1) is 117. The van der Waals surface area contributed by atoms with Gasteiger partial charge in [0.2, 0.25) is 0 Å². The molecule has 16 rings (SSSR count). The Morgan fingerprint density at radius 3 is 0.543 bits per heavy atom. The van der Waals surface area contributed by atoms with Crippen molar-refractivity contribution in [1.82, 2.24) is 42.5 Å². The average molecular weight is 1920 g/mol. The average Bonchev–Trinajstić information content (AvgIpc) is 2.05. The smallest absolute Gasteiger partial charge is 0.0590 e. The molecule has 12 heteroatoms. The lowest BCUT2D eigenvalue weighted by Crippen LogP contribution is -2.29. The molecule has 140 heavy (non-hydrogen) atoms. The number of rotatable bonds is 44. The van der Waals surface area contributed by atoms with Gasteiger partial charge in [-0.1, -0.05) is 400 Å². The van der Waals surface area contributed by atoms with Crippen molar-refractivity contribution in [1.29, 1.82) is 0 Å². The Hall–Kier alpha value is -6.72. The van der Waals surface area contributed by atoms with E-state index in [1.54, 1.807) is 0 Å². The topological polar surface area (TPSA) is 177 Å². The number of benzene rings is 8. The van der Waals surface area contributed by atoms with Crippen molar-refractivity contribution in [2.45, 2.75) is 436 Å². The van der Waals surface area contributed by atoms with Crippen molar-refractivity contribution < 1.29 is 20.4 Å². The molecule has 776 valence electrons. The summed E-state index contributed by atoms with van der Waals surface area (Å²) >= 11 is 0. The van der Waals surface area contributed by atoms with Crippen LogP contribution in [0.3, 0.4) is 0 Å². The Labute approximate surface area is 855 Å². The summed E-state index contributed by atoms with van der Waals surface area (Å²) in [6.07, 6.45) is 53.2. The van der Waals surface area contributed by atoms with Crippen LogP contribution in [-0.2, 0) is 25.7 Å². The molecule has 0 unspecified atom stereocenters. The molecule has 0 aromatic heterocycles. The standard InChI is InChI=1S/4C20H33N.4C12H17NO/c4*1-3-5-6-7-8-9-10-17-11-13-18(14-12-17)19-15-20(4-2)21-16-19;4*1-9-2-4-10(5-3-9)11-6-7-13-12(11)8-14/h4*11-14,19-21H,3-10,15-16H2,1-2H3;4*2-5,11-14H,6-8H2,1H3/t2*19-,20+;2*19-,20-;2*11-,12+;2*11-,12-/m10101010/s1. The van der Waals surface area contributed by atoms with Gasteiger partial charge >= 0.3 is 0 Å². The molecule has 8 saturated heterocycles. The lowest BCUT2D eigenvalue weighted by molar-refractivity contribution is 0.245. The summed E-state index contributed by atoms with van der Waals surface area (Å²) in [6.45, 7) is 36.3. The molecule has 0 saturated carbocycles. The van der Waals surface area contributed by atoms with Crippen LogP contribution in [0.2, 0.25) is 0 Å². The van der Waals surface area contributed by atoms with Crippen LogP contribution in [-0.4, -0.2) is 148 Å². The summed E-state index contributed by atoms with van der Waals surface area (Å²) in [7, 11) is 0. The number of aliphatic hydroxyl groups excluding tert-OH is 4. The molecule has 8 aliphatic heterocycles. The monoisotopic (exact) mass is 1910 g/mol. The summed E-state index contributed by atoms with van der Waals surface area (Å²) < 4.78 is 0. The Balaban J connectivity index is 0.000000180. The molecular weight excluding hydrogens is 1710 g/mol. The maximum atomic E-state index is 9.19. The molecule has 8 aliphatic rings. The zero-order valence-electron chi connectivity index (χ0n) is 90.3. The van der Waals surface area contributed by atoms with Crippen LogP contribution >= 0.6 is 0 Å². The van der Waals surface area contributed by atoms with Gasteiger partial charge in [0.15, 0.2) is 0 Å². The van der Waals surface area contributed by atoms with Gasteiger partial charge in [0.05, 0.1) is 26.4 Å². The maximum absolute atomic E-state index is 9.19. The molecule has 8 aromatic rings. The minimum Gasteiger partial charge on any atom is -0.395 e. The van der Waals surface area contributed by atoms with E-state index >= 15 is 0 Å². The number of aliphatic hydroxyl groups is 4. The van der Waals surface area contributed by atoms with Gasteiger partial charge in [-0.15, -0.1) is 0 Å². The van der Waals surface area contributed by atoms with Gasteiger partial charge in [-0.05, 0) is 273 Å². The molecule has 0 bridgehead atoms. The van der Waals surface area contributed by atoms with Crippen LogP contribution in [0.4, 0.5) is 0 Å². The number of aryl methyl sites for hydroxylation is 8. The molecular formula is C128H200N8O4. The fourth-order valence-electron chi connectivity index (χ4n) is 22.5. The van der Waals surface area contributed by atoms with Crippen LogP contribution in [0, 0.1) is 27.7 Å². The van der Waals surface area contributed by atoms with Crippen LogP contribution in [0.5, 0.6) is 0 Å². The molecule has 8 fully saturated rings. The Bertz CT molecular complexity index is 3830. The molecule has 0 aliphatic carbocycles. The summed E-state index contributed by atoms with van der Waals surface area (Å²) in [5.41, 5.74) is 22.8. The first-order chi connectivity index (χ1) is 68.6. The van der Waals surface area contributed by atoms with E-state index in [9.17, 15) is 20.4 Å². The van der Waals surface area contributed by atoms with Crippen LogP contribution in [0.1, 0.15) is 423 Å². The fraction of sp³-hybridized carbons (Fsp3) is 0.625. The van der Waals surface area contributed by atoms with Crippen molar-refractivity contribution in [2.75, 3.05) is 78.8 Å². The van der Waals surface area contributed by atoms with E-state index in [0.717, 1.165) is 126 Å². The van der Waals surface area contributed by atoms with Gasteiger partial charge < -0.3 is 63.0 Å². The third kappa shape index (κ3) is 42.4. The fourth-order valence-corrected chi connectivity index (χ4v) is 22.5. The first-order valence-corrected chi connectivity index (χ1v) is 57.5. The van der Waals surface area contributed by atoms with Gasteiger partial charge in [0.25, 0.3) is 0 Å². The van der Waals surface area contributed by atoms with Gasteiger partial charge in [-0.2, -0.15) is 0 Å². The van der Waals surface area contributed by atoms with Crippen molar-refractivity contribution >= 4 is 0 Å². The largest absolute Gasteiger partial charge is 0.395 e. The van der Waals surface area contributed by atoms with Crippen molar-refractivity contribution in [2.24, 2.45) is 0 Å². The minimum atomic E-state index is 0.235. The third-order valence-corrected chi connectivity index (χ3v) is 32.1. The van der Waals surface area contributed by atoms with E-state index in [1.807, 2.05) is 0 Å². The Morgan fingerprint density at radius 2 is 0.379 bits per heavy atom. The number of hydrogen-bond acceptors (Lipinski definition) is 12. The second-order valence-electron chi connectivity index (χ2n) is 43.0. The highest BCUT2D eigenvalue weighted by atomic mass is 16.3. The van der Waals surface area contributed by atoms with Crippen molar-refractivity contribution in [3.05, 3.63) is 283 Å². The Kier molecular flexibility index (Phi) is 57.9. The highest BCUT2D eigenvalue weighted by Crippen LogP contribution is 2.36. The quantitative estimate of drug-likeness (QED) is 0.0163. The van der Waals surface area contributed by atoms with Crippen LogP contribution in [0.25, 0.3) is 0 Å². The summed E-state index contributed by atoms with van der Waals surface area (Å²) in [5.74, 6) is 4.88. The number of hydrogen-bond donors (Lipinski definition) is 12. The molecule has 8 heterocycles. The van der Waals surface area contributed by atoms with Gasteiger partial charge in [-0.3, -0.25) is 0 Å². The second-order valence-corrected chi connectivity index (χ2v) is 43.0. The van der Waals surface area contributed by atoms with E-state index in [1.165, 1.54) is 320 Å². The minimum absolute atomic E-state index is 0.235. The first-order valence-electron chi connectivity index (χ1n) is 57.5. The zero-order chi connectivity index (χ0) is 99.5. The second kappa shape index (κ2) is 69.4. The van der Waals surface area contributed by atoms with E-state index < -0.39 is 0 Å². The van der Waals surface area contributed by atoms with E-state index in [-0.39, 0.29) is 50.6 Å². The molecule has 0 spiro atoms. The Morgan fingerprint density at radius 1 is 0.207 bits per heavy atom. The lowest BCUT2D eigenvalue weighted by Gasteiger charge is -2.17. The highest BCUT2D eigenvalue weighted by molar-refractivity contribution is 5.34. The van der Waals surface area contributed by atoms with Gasteiger partial charge in [0, 0.05) is 98.2 Å². The highest BCUT2D eigenvalue weighted by Gasteiger charge is 2.33. The predicted molar refractivity (Wildman–Crippen MR) is 602 cm³/mol. The van der Waals surface area contributed by atoms with Gasteiger partial charge in [-0.25, -0.2) is 0 Å². The van der Waals surface area contributed by atoms with Crippen molar-refractivity contribution in [3.63, 3.8) is 0 Å². The summed E-state index contributed by atoms with van der Waals surface area (Å²) in [5, 5.41) is 64.5. The molecule has 0 radical (unpaired) electrons. The van der Waals surface area contributed by atoms with Crippen molar-refractivity contribution in [3.8, 4) is 0 Å². The normalized spacial score (nSPS) is 23.8.